The molecule has 1 saturated heterocycles. The number of nitrogens with zero attached hydrogens (tertiary/aromatic N) is 1. The molecular weight excluding hydrogens is 226 g/mol. The Morgan fingerprint density at radius 1 is 1.56 bits per heavy atom. The van der Waals surface area contributed by atoms with Gasteiger partial charge in [-0.25, -0.2) is 0 Å². The van der Waals surface area contributed by atoms with E-state index in [1.54, 1.807) is 12.0 Å². The molecule has 1 N–H and O–H groups in total. The molecule has 1 aliphatic heterocycles. The van der Waals surface area contributed by atoms with Crippen LogP contribution < -0.4 is 0 Å². The molecule has 2 heterocycles. The van der Waals surface area contributed by atoms with Gasteiger partial charge in [-0.15, -0.1) is 11.3 Å². The summed E-state index contributed by atoms with van der Waals surface area (Å²) in [6, 6.07) is 3.76. The molecule has 0 aromatic carbocycles. The molecule has 1 aromatic heterocycles. The van der Waals surface area contributed by atoms with Crippen molar-refractivity contribution < 1.29 is 14.6 Å². The summed E-state index contributed by atoms with van der Waals surface area (Å²) in [5, 5.41) is 9.64. The summed E-state index contributed by atoms with van der Waals surface area (Å²) in [6.45, 7) is 2.79. The van der Waals surface area contributed by atoms with E-state index in [1.807, 2.05) is 19.1 Å². The molecule has 0 radical (unpaired) electrons. The van der Waals surface area contributed by atoms with Crippen LogP contribution in [0.4, 0.5) is 0 Å². The van der Waals surface area contributed by atoms with E-state index in [4.69, 9.17) is 4.74 Å². The van der Waals surface area contributed by atoms with E-state index in [1.165, 1.54) is 11.3 Å². The second-order valence-electron chi connectivity index (χ2n) is 3.96. The zero-order valence-electron chi connectivity index (χ0n) is 9.34. The van der Waals surface area contributed by atoms with Crippen LogP contribution in [-0.2, 0) is 4.74 Å². The number of hydrogen-bond acceptors (Lipinski definition) is 4. The second-order valence-corrected chi connectivity index (χ2v) is 5.25. The Balaban J connectivity index is 2.07. The predicted octanol–water partition coefficient (Wildman–Crippen LogP) is 0.888. The molecular formula is C11H15NO3S. The van der Waals surface area contributed by atoms with Crippen LogP contribution in [0.2, 0.25) is 0 Å². The first kappa shape index (κ1) is 11.6. The number of β-amino-alcohol motifs (C(OH)–C–C–N with tert-alkyl or cyclic N) is 1. The monoisotopic (exact) mass is 241 g/mol. The lowest BCUT2D eigenvalue weighted by atomic mass is 10.3. The summed E-state index contributed by atoms with van der Waals surface area (Å²) in [5.74, 6) is -0.0169. The van der Waals surface area contributed by atoms with Gasteiger partial charge in [0, 0.05) is 25.1 Å². The van der Waals surface area contributed by atoms with Crippen LogP contribution in [0.1, 0.15) is 14.5 Å². The van der Waals surface area contributed by atoms with Crippen LogP contribution in [-0.4, -0.2) is 48.3 Å². The lowest BCUT2D eigenvalue weighted by Crippen LogP contribution is -2.29. The van der Waals surface area contributed by atoms with Gasteiger partial charge in [0.2, 0.25) is 0 Å². The van der Waals surface area contributed by atoms with Crippen molar-refractivity contribution in [2.45, 2.75) is 19.1 Å². The van der Waals surface area contributed by atoms with E-state index >= 15 is 0 Å². The summed E-state index contributed by atoms with van der Waals surface area (Å²) < 4.78 is 5.10. The van der Waals surface area contributed by atoms with E-state index in [-0.39, 0.29) is 12.0 Å². The highest BCUT2D eigenvalue weighted by atomic mass is 32.1. The maximum absolute atomic E-state index is 12.0. The molecule has 1 aliphatic rings. The Hall–Kier alpha value is -0.910. The van der Waals surface area contributed by atoms with Crippen molar-refractivity contribution >= 4 is 17.2 Å². The molecule has 2 rings (SSSR count). The molecule has 2 unspecified atom stereocenters. The van der Waals surface area contributed by atoms with Gasteiger partial charge in [-0.3, -0.25) is 4.79 Å². The molecule has 0 spiro atoms. The van der Waals surface area contributed by atoms with Gasteiger partial charge in [-0.05, 0) is 19.1 Å². The first-order valence-corrected chi connectivity index (χ1v) is 6.00. The first-order chi connectivity index (χ1) is 7.61. The van der Waals surface area contributed by atoms with E-state index in [9.17, 15) is 9.90 Å². The van der Waals surface area contributed by atoms with E-state index in [0.29, 0.717) is 13.1 Å². The lowest BCUT2D eigenvalue weighted by Gasteiger charge is -2.14. The number of carbonyl (C=O) groups is 1. The van der Waals surface area contributed by atoms with Gasteiger partial charge in [0.05, 0.1) is 11.0 Å². The molecule has 16 heavy (non-hydrogen) atoms. The maximum atomic E-state index is 12.0. The SMILES string of the molecule is COC1CN(C(=O)c2ccc(C)s2)CC1O. The van der Waals surface area contributed by atoms with Crippen LogP contribution in [0.3, 0.4) is 0 Å². The number of likely N-dealkylation sites (tertiary alicyclic amines) is 1. The fraction of sp³-hybridized carbons (Fsp3) is 0.545. The molecule has 2 atom stereocenters. The van der Waals surface area contributed by atoms with Crippen molar-refractivity contribution in [2.75, 3.05) is 20.2 Å². The normalized spacial score (nSPS) is 25.1. The zero-order valence-corrected chi connectivity index (χ0v) is 10.2. The number of thiophene rings is 1. The molecule has 4 nitrogen and oxygen atoms in total. The summed E-state index contributed by atoms with van der Waals surface area (Å²) in [4.78, 5) is 15.5. The summed E-state index contributed by atoms with van der Waals surface area (Å²) in [7, 11) is 1.55. The number of carbonyl (C=O) groups excluding carboxylic acids is 1. The first-order valence-electron chi connectivity index (χ1n) is 5.18. The number of methoxy groups -OCH3 is 1. The Morgan fingerprint density at radius 2 is 2.31 bits per heavy atom. The largest absolute Gasteiger partial charge is 0.388 e. The van der Waals surface area contributed by atoms with E-state index in [2.05, 4.69) is 0 Å². The standard InChI is InChI=1S/C11H15NO3S/c1-7-3-4-10(16-7)11(14)12-5-8(13)9(6-12)15-2/h3-4,8-9,13H,5-6H2,1-2H3. The van der Waals surface area contributed by atoms with Gasteiger partial charge in [0.15, 0.2) is 0 Å². The summed E-state index contributed by atoms with van der Waals surface area (Å²) in [5.41, 5.74) is 0. The molecule has 0 aliphatic carbocycles. The van der Waals surface area contributed by atoms with Gasteiger partial charge < -0.3 is 14.7 Å². The fourth-order valence-electron chi connectivity index (χ4n) is 1.86. The minimum Gasteiger partial charge on any atom is -0.388 e. The van der Waals surface area contributed by atoms with Crippen LogP contribution in [0.15, 0.2) is 12.1 Å². The fourth-order valence-corrected chi connectivity index (χ4v) is 2.69. The Labute approximate surface area is 98.4 Å². The van der Waals surface area contributed by atoms with E-state index in [0.717, 1.165) is 9.75 Å². The number of ether oxygens (including phenoxy) is 1. The highest BCUT2D eigenvalue weighted by molar-refractivity contribution is 7.13. The molecule has 5 heteroatoms. The number of amides is 1. The third-order valence-electron chi connectivity index (χ3n) is 2.78. The Bertz CT molecular complexity index is 390. The highest BCUT2D eigenvalue weighted by Crippen LogP contribution is 2.21. The van der Waals surface area contributed by atoms with E-state index < -0.39 is 6.10 Å². The minimum atomic E-state index is -0.574. The average Bonchev–Trinajstić information content (AvgIpc) is 2.83. The third kappa shape index (κ3) is 2.11. The molecule has 88 valence electrons. The van der Waals surface area contributed by atoms with Crippen LogP contribution in [0.5, 0.6) is 0 Å². The number of aliphatic hydroxyl groups is 1. The van der Waals surface area contributed by atoms with Crippen molar-refractivity contribution in [2.24, 2.45) is 0 Å². The quantitative estimate of drug-likeness (QED) is 0.836. The van der Waals surface area contributed by atoms with Crippen molar-refractivity contribution in [1.82, 2.24) is 4.90 Å². The number of aliphatic hydroxyl groups excluding tert-OH is 1. The average molecular weight is 241 g/mol. The van der Waals surface area contributed by atoms with Crippen molar-refractivity contribution in [3.8, 4) is 0 Å². The van der Waals surface area contributed by atoms with Crippen LogP contribution in [0, 0.1) is 6.92 Å². The van der Waals surface area contributed by atoms with Gasteiger partial charge in [-0.2, -0.15) is 0 Å². The molecule has 0 saturated carbocycles. The van der Waals surface area contributed by atoms with Gasteiger partial charge in [-0.1, -0.05) is 0 Å². The minimum absolute atomic E-state index is 0.0169. The van der Waals surface area contributed by atoms with Gasteiger partial charge in [0.1, 0.15) is 6.10 Å². The van der Waals surface area contributed by atoms with Crippen molar-refractivity contribution in [1.29, 1.82) is 0 Å². The summed E-state index contributed by atoms with van der Waals surface area (Å²) in [6.07, 6.45) is -0.833. The third-order valence-corrected chi connectivity index (χ3v) is 3.77. The van der Waals surface area contributed by atoms with Crippen molar-refractivity contribution in [3.63, 3.8) is 0 Å². The highest BCUT2D eigenvalue weighted by Gasteiger charge is 2.34. The van der Waals surface area contributed by atoms with Crippen LogP contribution >= 0.6 is 11.3 Å². The smallest absolute Gasteiger partial charge is 0.264 e. The Kier molecular flexibility index (Phi) is 3.28. The van der Waals surface area contributed by atoms with Gasteiger partial charge in [0.25, 0.3) is 5.91 Å². The molecule has 0 bridgehead atoms. The van der Waals surface area contributed by atoms with Crippen LogP contribution in [0.25, 0.3) is 0 Å². The number of aryl methyl sites for hydroxylation is 1. The lowest BCUT2D eigenvalue weighted by molar-refractivity contribution is 0.0215. The Morgan fingerprint density at radius 3 is 2.81 bits per heavy atom. The zero-order chi connectivity index (χ0) is 11.7. The molecule has 1 fully saturated rings. The summed E-state index contributed by atoms with van der Waals surface area (Å²) >= 11 is 1.48. The maximum Gasteiger partial charge on any atom is 0.264 e. The van der Waals surface area contributed by atoms with Gasteiger partial charge >= 0.3 is 0 Å². The number of hydrogen-bond donors (Lipinski definition) is 1. The topological polar surface area (TPSA) is 49.8 Å². The predicted molar refractivity (Wildman–Crippen MR) is 61.8 cm³/mol. The second kappa shape index (κ2) is 4.53. The number of rotatable bonds is 2. The molecule has 1 amide bonds. The van der Waals surface area contributed by atoms with Crippen molar-refractivity contribution in [3.05, 3.63) is 21.9 Å². The molecule has 1 aromatic rings.